The molecule has 1 saturated heterocycles. The Morgan fingerprint density at radius 2 is 2.04 bits per heavy atom. The lowest BCUT2D eigenvalue weighted by Crippen LogP contribution is -2.49. The molecule has 0 bridgehead atoms. The van der Waals surface area contributed by atoms with Crippen molar-refractivity contribution < 1.29 is 4.79 Å². The van der Waals surface area contributed by atoms with Crippen molar-refractivity contribution in [2.24, 2.45) is 0 Å². The fourth-order valence-corrected chi connectivity index (χ4v) is 3.30. The summed E-state index contributed by atoms with van der Waals surface area (Å²) in [6.45, 7) is 3.95. The van der Waals surface area contributed by atoms with Crippen LogP contribution in [0.4, 0.5) is 0 Å². The molecule has 3 aromatic rings. The summed E-state index contributed by atoms with van der Waals surface area (Å²) in [7, 11) is 0. The molecule has 1 fully saturated rings. The number of aromatic nitrogens is 4. The summed E-state index contributed by atoms with van der Waals surface area (Å²) < 4.78 is 1.70. The van der Waals surface area contributed by atoms with Crippen molar-refractivity contribution in [2.75, 3.05) is 19.6 Å². The molecule has 1 atom stereocenters. The largest absolute Gasteiger partial charge is 0.328 e. The highest BCUT2D eigenvalue weighted by atomic mass is 16.2. The maximum atomic E-state index is 13.2. The topological polar surface area (TPSA) is 75.9 Å². The van der Waals surface area contributed by atoms with Crippen LogP contribution in [0.2, 0.25) is 0 Å². The third-order valence-electron chi connectivity index (χ3n) is 4.67. The first-order valence-electron chi connectivity index (χ1n) is 8.65. The molecule has 7 nitrogen and oxygen atoms in total. The molecule has 1 amide bonds. The summed E-state index contributed by atoms with van der Waals surface area (Å²) in [5, 5.41) is 11.7. The summed E-state index contributed by atoms with van der Waals surface area (Å²) in [4.78, 5) is 19.3. The number of carbonyl (C=O) groups is 1. The molecule has 1 aromatic carbocycles. The van der Waals surface area contributed by atoms with Crippen molar-refractivity contribution in [1.29, 1.82) is 0 Å². The first-order chi connectivity index (χ1) is 12.8. The van der Waals surface area contributed by atoms with Gasteiger partial charge in [-0.3, -0.25) is 9.78 Å². The summed E-state index contributed by atoms with van der Waals surface area (Å²) in [5.41, 5.74) is 3.04. The lowest BCUT2D eigenvalue weighted by Gasteiger charge is -2.36. The number of hydrogen-bond donors (Lipinski definition) is 1. The molecule has 7 heteroatoms. The second kappa shape index (κ2) is 7.05. The summed E-state index contributed by atoms with van der Waals surface area (Å²) in [5.74, 6) is -0.0972. The van der Waals surface area contributed by atoms with E-state index < -0.39 is 0 Å². The molecule has 1 unspecified atom stereocenters. The van der Waals surface area contributed by atoms with Gasteiger partial charge in [-0.05, 0) is 30.7 Å². The molecule has 2 aromatic heterocycles. The summed E-state index contributed by atoms with van der Waals surface area (Å²) in [6.07, 6.45) is 3.55. The van der Waals surface area contributed by atoms with Crippen molar-refractivity contribution in [3.63, 3.8) is 0 Å². The Morgan fingerprint density at radius 1 is 1.19 bits per heavy atom. The van der Waals surface area contributed by atoms with Gasteiger partial charge in [-0.1, -0.05) is 29.5 Å². The minimum absolute atomic E-state index is 0.0637. The van der Waals surface area contributed by atoms with Crippen LogP contribution in [0, 0.1) is 6.92 Å². The van der Waals surface area contributed by atoms with Gasteiger partial charge < -0.3 is 10.2 Å². The van der Waals surface area contributed by atoms with Gasteiger partial charge >= 0.3 is 0 Å². The SMILES string of the molecule is Cc1c(C(=O)N2CCNCC2c2cccnc2)nnn1-c1ccccc1. The Bertz CT molecular complexity index is 893. The number of nitrogens with zero attached hydrogens (tertiary/aromatic N) is 5. The molecule has 3 heterocycles. The third kappa shape index (κ3) is 2.97. The lowest BCUT2D eigenvalue weighted by molar-refractivity contribution is 0.0627. The molecule has 132 valence electrons. The fourth-order valence-electron chi connectivity index (χ4n) is 3.30. The van der Waals surface area contributed by atoms with E-state index in [1.807, 2.05) is 60.5 Å². The van der Waals surface area contributed by atoms with E-state index in [0.29, 0.717) is 18.8 Å². The fraction of sp³-hybridized carbons (Fsp3) is 0.263. The number of benzene rings is 1. The van der Waals surface area contributed by atoms with Gasteiger partial charge in [-0.25, -0.2) is 4.68 Å². The number of hydrogen-bond acceptors (Lipinski definition) is 5. The number of amides is 1. The monoisotopic (exact) mass is 348 g/mol. The van der Waals surface area contributed by atoms with Crippen LogP contribution in [-0.4, -0.2) is 50.4 Å². The van der Waals surface area contributed by atoms with E-state index in [-0.39, 0.29) is 11.9 Å². The Labute approximate surface area is 151 Å². The predicted molar refractivity (Wildman–Crippen MR) is 97.0 cm³/mol. The quantitative estimate of drug-likeness (QED) is 0.780. The summed E-state index contributed by atoms with van der Waals surface area (Å²) >= 11 is 0. The van der Waals surface area contributed by atoms with Gasteiger partial charge in [0.2, 0.25) is 0 Å². The molecule has 4 rings (SSSR count). The minimum Gasteiger partial charge on any atom is -0.328 e. The van der Waals surface area contributed by atoms with E-state index in [1.54, 1.807) is 10.9 Å². The van der Waals surface area contributed by atoms with Crippen molar-refractivity contribution in [3.05, 3.63) is 71.8 Å². The smallest absolute Gasteiger partial charge is 0.276 e. The molecule has 26 heavy (non-hydrogen) atoms. The first-order valence-corrected chi connectivity index (χ1v) is 8.65. The highest BCUT2D eigenvalue weighted by molar-refractivity contribution is 5.93. The lowest BCUT2D eigenvalue weighted by atomic mass is 10.0. The van der Waals surface area contributed by atoms with Crippen LogP contribution in [-0.2, 0) is 0 Å². The van der Waals surface area contributed by atoms with E-state index in [4.69, 9.17) is 0 Å². The van der Waals surface area contributed by atoms with Gasteiger partial charge in [0, 0.05) is 32.0 Å². The van der Waals surface area contributed by atoms with Crippen LogP contribution < -0.4 is 5.32 Å². The van der Waals surface area contributed by atoms with Crippen LogP contribution in [0.3, 0.4) is 0 Å². The van der Waals surface area contributed by atoms with Crippen LogP contribution in [0.1, 0.15) is 27.8 Å². The predicted octanol–water partition coefficient (Wildman–Crippen LogP) is 1.76. The maximum Gasteiger partial charge on any atom is 0.276 e. The zero-order chi connectivity index (χ0) is 17.9. The van der Waals surface area contributed by atoms with Crippen LogP contribution in [0.15, 0.2) is 54.9 Å². The van der Waals surface area contributed by atoms with Gasteiger partial charge in [0.25, 0.3) is 5.91 Å². The van der Waals surface area contributed by atoms with Crippen molar-refractivity contribution in [1.82, 2.24) is 30.2 Å². The average Bonchev–Trinajstić information content (AvgIpc) is 3.10. The van der Waals surface area contributed by atoms with E-state index in [2.05, 4.69) is 20.6 Å². The highest BCUT2D eigenvalue weighted by Crippen LogP contribution is 2.24. The number of pyridine rings is 1. The molecule has 1 aliphatic rings. The van der Waals surface area contributed by atoms with Gasteiger partial charge in [0.05, 0.1) is 17.4 Å². The number of carbonyl (C=O) groups excluding carboxylic acids is 1. The minimum atomic E-state index is -0.0972. The number of piperazine rings is 1. The molecule has 1 N–H and O–H groups in total. The normalized spacial score (nSPS) is 17.3. The van der Waals surface area contributed by atoms with E-state index in [1.165, 1.54) is 0 Å². The van der Waals surface area contributed by atoms with E-state index >= 15 is 0 Å². The van der Waals surface area contributed by atoms with Crippen LogP contribution in [0.5, 0.6) is 0 Å². The Hall–Kier alpha value is -3.06. The Balaban J connectivity index is 1.65. The van der Waals surface area contributed by atoms with Crippen molar-refractivity contribution in [2.45, 2.75) is 13.0 Å². The zero-order valence-electron chi connectivity index (χ0n) is 14.5. The van der Waals surface area contributed by atoms with Gasteiger partial charge in [-0.2, -0.15) is 0 Å². The molecule has 0 spiro atoms. The number of rotatable bonds is 3. The third-order valence-corrected chi connectivity index (χ3v) is 4.67. The Morgan fingerprint density at radius 3 is 2.81 bits per heavy atom. The van der Waals surface area contributed by atoms with Gasteiger partial charge in [-0.15, -0.1) is 5.10 Å². The average molecular weight is 348 g/mol. The number of para-hydroxylation sites is 1. The molecular formula is C19H20N6O. The zero-order valence-corrected chi connectivity index (χ0v) is 14.5. The van der Waals surface area contributed by atoms with E-state index in [0.717, 1.165) is 23.5 Å². The highest BCUT2D eigenvalue weighted by Gasteiger charge is 2.31. The summed E-state index contributed by atoms with van der Waals surface area (Å²) in [6, 6.07) is 13.5. The maximum absolute atomic E-state index is 13.2. The van der Waals surface area contributed by atoms with Crippen molar-refractivity contribution in [3.8, 4) is 5.69 Å². The van der Waals surface area contributed by atoms with E-state index in [9.17, 15) is 4.79 Å². The molecule has 1 aliphatic heterocycles. The van der Waals surface area contributed by atoms with Crippen LogP contribution >= 0.6 is 0 Å². The molecule has 0 saturated carbocycles. The Kier molecular flexibility index (Phi) is 4.45. The van der Waals surface area contributed by atoms with Gasteiger partial charge in [0.1, 0.15) is 0 Å². The molecule has 0 radical (unpaired) electrons. The first kappa shape index (κ1) is 16.4. The van der Waals surface area contributed by atoms with Crippen LogP contribution in [0.25, 0.3) is 5.69 Å². The second-order valence-corrected chi connectivity index (χ2v) is 6.28. The van der Waals surface area contributed by atoms with Gasteiger partial charge in [0.15, 0.2) is 5.69 Å². The second-order valence-electron chi connectivity index (χ2n) is 6.28. The number of nitrogens with one attached hydrogen (secondary N) is 1. The molecular weight excluding hydrogens is 328 g/mol. The molecule has 0 aliphatic carbocycles. The van der Waals surface area contributed by atoms with Crippen molar-refractivity contribution >= 4 is 5.91 Å². The standard InChI is InChI=1S/C19H20N6O/c1-14-18(22-23-25(14)16-7-3-2-4-8-16)19(26)24-11-10-21-13-17(24)15-6-5-9-20-12-15/h2-9,12,17,21H,10-11,13H2,1H3.